The zero-order valence-electron chi connectivity index (χ0n) is 11.7. The van der Waals surface area contributed by atoms with E-state index in [1.54, 1.807) is 0 Å². The highest BCUT2D eigenvalue weighted by atomic mass is 14.7. The molecule has 0 unspecified atom stereocenters. The molecular weight excluding hydrogens is 254 g/mol. The van der Waals surface area contributed by atoms with Gasteiger partial charge >= 0.3 is 0 Å². The lowest BCUT2D eigenvalue weighted by atomic mass is 10.1. The third-order valence-corrected chi connectivity index (χ3v) is 3.22. The summed E-state index contributed by atoms with van der Waals surface area (Å²) in [6.45, 7) is 0.512. The Morgan fingerprint density at radius 2 is 1.57 bits per heavy atom. The third kappa shape index (κ3) is 3.38. The molecule has 0 saturated heterocycles. The molecule has 0 saturated carbocycles. The van der Waals surface area contributed by atoms with Crippen LogP contribution in [0.4, 0.5) is 0 Å². The summed E-state index contributed by atoms with van der Waals surface area (Å²) >= 11 is 0. The number of nitrogens with zero attached hydrogens (tertiary/aromatic N) is 1. The quantitative estimate of drug-likeness (QED) is 0.485. The van der Waals surface area contributed by atoms with E-state index in [9.17, 15) is 0 Å². The molecule has 0 aliphatic rings. The average molecular weight is 269 g/mol. The second-order valence-corrected chi connectivity index (χ2v) is 4.71. The first kappa shape index (κ1) is 13.1. The number of benzene rings is 3. The van der Waals surface area contributed by atoms with E-state index in [2.05, 4.69) is 41.1 Å². The molecule has 3 aromatic carbocycles. The van der Waals surface area contributed by atoms with Crippen molar-refractivity contribution in [2.45, 2.75) is 0 Å². The molecule has 3 aromatic rings. The van der Waals surface area contributed by atoms with Crippen molar-refractivity contribution in [3.05, 3.63) is 83.9 Å². The van der Waals surface area contributed by atoms with Gasteiger partial charge in [-0.1, -0.05) is 78.6 Å². The highest BCUT2D eigenvalue weighted by Crippen LogP contribution is 2.17. The van der Waals surface area contributed by atoms with E-state index in [-0.39, 0.29) is 0 Å². The summed E-state index contributed by atoms with van der Waals surface area (Å²) in [6.07, 6.45) is 1.86. The Labute approximate surface area is 125 Å². The van der Waals surface area contributed by atoms with E-state index in [1.807, 2.05) is 54.7 Å². The second kappa shape index (κ2) is 6.54. The normalized spacial score (nSPS) is 10.5. The van der Waals surface area contributed by atoms with Gasteiger partial charge in [0.2, 0.25) is 0 Å². The predicted octanol–water partition coefficient (Wildman–Crippen LogP) is 4.31. The van der Waals surface area contributed by atoms with Crippen LogP contribution in [0.25, 0.3) is 10.8 Å². The van der Waals surface area contributed by atoms with Gasteiger partial charge in [0.1, 0.15) is 6.54 Å². The molecule has 21 heavy (non-hydrogen) atoms. The van der Waals surface area contributed by atoms with Crippen LogP contribution < -0.4 is 0 Å². The number of rotatable bonds is 2. The SMILES string of the molecule is C(#Cc1cccc2ccccc12)C/N=C/c1ccccc1. The van der Waals surface area contributed by atoms with E-state index in [0.29, 0.717) is 6.54 Å². The third-order valence-electron chi connectivity index (χ3n) is 3.22. The van der Waals surface area contributed by atoms with Crippen molar-refractivity contribution < 1.29 is 0 Å². The minimum atomic E-state index is 0.512. The minimum Gasteiger partial charge on any atom is -0.280 e. The second-order valence-electron chi connectivity index (χ2n) is 4.71. The highest BCUT2D eigenvalue weighted by Gasteiger charge is 1.95. The number of hydrogen-bond donors (Lipinski definition) is 0. The summed E-state index contributed by atoms with van der Waals surface area (Å²) in [5.74, 6) is 6.33. The number of hydrogen-bond acceptors (Lipinski definition) is 1. The van der Waals surface area contributed by atoms with Crippen LogP contribution in [0.2, 0.25) is 0 Å². The van der Waals surface area contributed by atoms with E-state index in [0.717, 1.165) is 11.1 Å². The summed E-state index contributed by atoms with van der Waals surface area (Å²) in [7, 11) is 0. The van der Waals surface area contributed by atoms with Gasteiger partial charge in [-0.2, -0.15) is 0 Å². The van der Waals surface area contributed by atoms with Crippen LogP contribution in [-0.2, 0) is 0 Å². The van der Waals surface area contributed by atoms with Crippen molar-refractivity contribution in [1.82, 2.24) is 0 Å². The van der Waals surface area contributed by atoms with Gasteiger partial charge in [-0.15, -0.1) is 0 Å². The first-order valence-corrected chi connectivity index (χ1v) is 6.95. The van der Waals surface area contributed by atoms with Crippen molar-refractivity contribution in [1.29, 1.82) is 0 Å². The first-order chi connectivity index (χ1) is 10.4. The summed E-state index contributed by atoms with van der Waals surface area (Å²) in [4.78, 5) is 4.34. The molecule has 0 aliphatic carbocycles. The lowest BCUT2D eigenvalue weighted by Gasteiger charge is -1.98. The van der Waals surface area contributed by atoms with Crippen LogP contribution in [0.15, 0.2) is 77.8 Å². The Balaban J connectivity index is 1.74. The molecule has 1 nitrogen and oxygen atoms in total. The monoisotopic (exact) mass is 269 g/mol. The summed E-state index contributed by atoms with van der Waals surface area (Å²) in [5.41, 5.74) is 2.16. The van der Waals surface area contributed by atoms with E-state index < -0.39 is 0 Å². The maximum atomic E-state index is 4.34. The summed E-state index contributed by atoms with van der Waals surface area (Å²) in [6, 6.07) is 24.6. The molecule has 0 N–H and O–H groups in total. The zero-order chi connectivity index (χ0) is 14.3. The molecule has 100 valence electrons. The largest absolute Gasteiger partial charge is 0.280 e. The van der Waals surface area contributed by atoms with Crippen molar-refractivity contribution >= 4 is 17.0 Å². The van der Waals surface area contributed by atoms with Crippen molar-refractivity contribution in [2.75, 3.05) is 6.54 Å². The molecule has 1 heteroatoms. The zero-order valence-corrected chi connectivity index (χ0v) is 11.7. The molecule has 0 fully saturated rings. The Kier molecular flexibility index (Phi) is 4.10. The Hall–Kier alpha value is -2.85. The van der Waals surface area contributed by atoms with E-state index >= 15 is 0 Å². The van der Waals surface area contributed by atoms with Crippen molar-refractivity contribution in [3.8, 4) is 11.8 Å². The molecule has 0 radical (unpaired) electrons. The lowest BCUT2D eigenvalue weighted by molar-refractivity contribution is 1.30. The minimum absolute atomic E-state index is 0.512. The summed E-state index contributed by atoms with van der Waals surface area (Å²) < 4.78 is 0. The molecule has 0 amide bonds. The van der Waals surface area contributed by atoms with Gasteiger partial charge in [0.05, 0.1) is 0 Å². The number of fused-ring (bicyclic) bond motifs is 1. The Bertz CT molecular complexity index is 815. The standard InChI is InChI=1S/C20H15N/c1-2-8-17(9-3-1)16-21-15-7-13-19-12-6-11-18-10-4-5-14-20(18)19/h1-6,8-12,14,16H,15H2/b21-16+. The fraction of sp³-hybridized carbons (Fsp3) is 0.0500. The van der Waals surface area contributed by atoms with Gasteiger partial charge < -0.3 is 0 Å². The van der Waals surface area contributed by atoms with Crippen molar-refractivity contribution in [2.24, 2.45) is 4.99 Å². The average Bonchev–Trinajstić information content (AvgIpc) is 2.56. The van der Waals surface area contributed by atoms with Gasteiger partial charge in [-0.3, -0.25) is 4.99 Å². The molecule has 0 heterocycles. The van der Waals surface area contributed by atoms with Crippen LogP contribution in [0.3, 0.4) is 0 Å². The van der Waals surface area contributed by atoms with Crippen LogP contribution in [-0.4, -0.2) is 12.8 Å². The smallest absolute Gasteiger partial charge is 0.100 e. The van der Waals surface area contributed by atoms with Gasteiger partial charge in [0, 0.05) is 11.8 Å². The fourth-order valence-corrected chi connectivity index (χ4v) is 2.20. The Morgan fingerprint density at radius 1 is 0.810 bits per heavy atom. The van der Waals surface area contributed by atoms with Crippen LogP contribution in [0.5, 0.6) is 0 Å². The van der Waals surface area contributed by atoms with Crippen LogP contribution >= 0.6 is 0 Å². The van der Waals surface area contributed by atoms with Gasteiger partial charge in [-0.05, 0) is 22.4 Å². The maximum absolute atomic E-state index is 4.34. The van der Waals surface area contributed by atoms with Gasteiger partial charge in [0.15, 0.2) is 0 Å². The van der Waals surface area contributed by atoms with Gasteiger partial charge in [0.25, 0.3) is 0 Å². The van der Waals surface area contributed by atoms with E-state index in [4.69, 9.17) is 0 Å². The van der Waals surface area contributed by atoms with Crippen molar-refractivity contribution in [3.63, 3.8) is 0 Å². The Morgan fingerprint density at radius 3 is 2.48 bits per heavy atom. The molecule has 0 aromatic heterocycles. The molecule has 0 aliphatic heterocycles. The fourth-order valence-electron chi connectivity index (χ4n) is 2.20. The van der Waals surface area contributed by atoms with Gasteiger partial charge in [-0.25, -0.2) is 0 Å². The topological polar surface area (TPSA) is 12.4 Å². The number of aliphatic imine (C=N–C) groups is 1. The molecule has 0 atom stereocenters. The first-order valence-electron chi connectivity index (χ1n) is 6.95. The molecule has 0 spiro atoms. The molecular formula is C20H15N. The van der Waals surface area contributed by atoms with Crippen LogP contribution in [0.1, 0.15) is 11.1 Å². The highest BCUT2D eigenvalue weighted by molar-refractivity contribution is 5.88. The lowest BCUT2D eigenvalue weighted by Crippen LogP contribution is -1.82. The predicted molar refractivity (Wildman–Crippen MR) is 89.7 cm³/mol. The van der Waals surface area contributed by atoms with Crippen LogP contribution in [0, 0.1) is 11.8 Å². The molecule has 0 bridgehead atoms. The maximum Gasteiger partial charge on any atom is 0.100 e. The molecule has 3 rings (SSSR count). The van der Waals surface area contributed by atoms with E-state index in [1.165, 1.54) is 10.8 Å². The summed E-state index contributed by atoms with van der Waals surface area (Å²) in [5, 5.41) is 2.41.